The van der Waals surface area contributed by atoms with Gasteiger partial charge in [0, 0.05) is 29.4 Å². The molecule has 0 bridgehead atoms. The van der Waals surface area contributed by atoms with Crippen molar-refractivity contribution < 1.29 is 33.0 Å². The SMILES string of the molecule is O=C(NC1CCc2c(C(=O)Nc3ccc(F)c(Cl)c3)ccc(F)c21)OCCc1cnn(C(=O)O)c1. The third kappa shape index (κ3) is 5.40. The minimum atomic E-state index is -1.23. The summed E-state index contributed by atoms with van der Waals surface area (Å²) in [5, 5.41) is 17.6. The maximum Gasteiger partial charge on any atom is 0.432 e. The number of alkyl carbamates (subject to hydrolysis) is 1. The number of halogens is 3. The van der Waals surface area contributed by atoms with E-state index in [0.717, 1.165) is 16.8 Å². The molecule has 0 aliphatic heterocycles. The average Bonchev–Trinajstić information content (AvgIpc) is 3.45. The number of amides is 2. The first-order valence-corrected chi connectivity index (χ1v) is 10.9. The molecule has 1 unspecified atom stereocenters. The first-order valence-electron chi connectivity index (χ1n) is 10.5. The van der Waals surface area contributed by atoms with Crippen LogP contribution in [0.5, 0.6) is 0 Å². The molecule has 1 aliphatic rings. The van der Waals surface area contributed by atoms with Gasteiger partial charge >= 0.3 is 12.2 Å². The Labute approximate surface area is 202 Å². The van der Waals surface area contributed by atoms with Crippen LogP contribution in [0.2, 0.25) is 5.02 Å². The molecule has 0 saturated heterocycles. The van der Waals surface area contributed by atoms with E-state index in [4.69, 9.17) is 21.4 Å². The first-order chi connectivity index (χ1) is 16.7. The van der Waals surface area contributed by atoms with E-state index in [1.807, 2.05) is 0 Å². The van der Waals surface area contributed by atoms with E-state index in [1.54, 1.807) is 0 Å². The summed E-state index contributed by atoms with van der Waals surface area (Å²) < 4.78 is 33.9. The van der Waals surface area contributed by atoms with Crippen molar-refractivity contribution in [1.29, 1.82) is 0 Å². The topological polar surface area (TPSA) is 123 Å². The lowest BCUT2D eigenvalue weighted by molar-refractivity contribution is 0.102. The quantitative estimate of drug-likeness (QED) is 0.452. The van der Waals surface area contributed by atoms with E-state index in [-0.39, 0.29) is 34.9 Å². The van der Waals surface area contributed by atoms with Gasteiger partial charge in [0.05, 0.1) is 23.9 Å². The predicted octanol–water partition coefficient (Wildman–Crippen LogP) is 4.55. The Morgan fingerprint density at radius 1 is 1.20 bits per heavy atom. The summed E-state index contributed by atoms with van der Waals surface area (Å²) in [4.78, 5) is 35.9. The van der Waals surface area contributed by atoms with Crippen LogP contribution in [0.15, 0.2) is 42.7 Å². The van der Waals surface area contributed by atoms with Crippen molar-refractivity contribution in [2.75, 3.05) is 11.9 Å². The Morgan fingerprint density at radius 2 is 1.97 bits per heavy atom. The number of carbonyl (C=O) groups is 3. The highest BCUT2D eigenvalue weighted by Gasteiger charge is 2.31. The van der Waals surface area contributed by atoms with Gasteiger partial charge in [-0.3, -0.25) is 4.79 Å². The van der Waals surface area contributed by atoms with Crippen LogP contribution in [0.4, 0.5) is 24.1 Å². The van der Waals surface area contributed by atoms with E-state index in [9.17, 15) is 23.2 Å². The summed E-state index contributed by atoms with van der Waals surface area (Å²) in [6, 6.07) is 5.56. The predicted molar refractivity (Wildman–Crippen MR) is 121 cm³/mol. The van der Waals surface area contributed by atoms with Gasteiger partial charge in [0.2, 0.25) is 0 Å². The van der Waals surface area contributed by atoms with Gasteiger partial charge in [-0.15, -0.1) is 0 Å². The molecule has 2 aromatic carbocycles. The summed E-state index contributed by atoms with van der Waals surface area (Å²) in [6.45, 7) is -0.0398. The number of nitrogens with zero attached hydrogens (tertiary/aromatic N) is 2. The summed E-state index contributed by atoms with van der Waals surface area (Å²) >= 11 is 5.75. The lowest BCUT2D eigenvalue weighted by Crippen LogP contribution is -2.29. The van der Waals surface area contributed by atoms with Crippen molar-refractivity contribution in [3.8, 4) is 0 Å². The Kier molecular flexibility index (Phi) is 6.97. The Bertz CT molecular complexity index is 1310. The lowest BCUT2D eigenvalue weighted by atomic mass is 10.0. The average molecular weight is 505 g/mol. The molecule has 3 N–H and O–H groups in total. The molecule has 1 heterocycles. The van der Waals surface area contributed by atoms with Crippen LogP contribution in [0.3, 0.4) is 0 Å². The second-order valence-corrected chi connectivity index (χ2v) is 8.17. The number of carboxylic acid groups (broad SMARTS) is 1. The van der Waals surface area contributed by atoms with Gasteiger partial charge in [-0.2, -0.15) is 9.78 Å². The van der Waals surface area contributed by atoms with Crippen LogP contribution in [-0.4, -0.2) is 39.6 Å². The number of rotatable bonds is 6. The number of anilines is 1. The molecule has 12 heteroatoms. The second-order valence-electron chi connectivity index (χ2n) is 7.77. The summed E-state index contributed by atoms with van der Waals surface area (Å²) in [5.41, 5.74) is 1.74. The van der Waals surface area contributed by atoms with E-state index in [1.165, 1.54) is 30.6 Å². The van der Waals surface area contributed by atoms with Gasteiger partial charge < -0.3 is 20.5 Å². The number of hydrogen-bond donors (Lipinski definition) is 3. The van der Waals surface area contributed by atoms with Crippen LogP contribution in [-0.2, 0) is 17.6 Å². The molecule has 2 amide bonds. The number of benzene rings is 2. The monoisotopic (exact) mass is 504 g/mol. The molecule has 9 nitrogen and oxygen atoms in total. The number of hydrogen-bond acceptors (Lipinski definition) is 5. The maximum atomic E-state index is 14.7. The fourth-order valence-corrected chi connectivity index (χ4v) is 4.06. The molecular formula is C23H19ClF2N4O5. The highest BCUT2D eigenvalue weighted by molar-refractivity contribution is 6.31. The molecule has 0 saturated carbocycles. The molecule has 1 atom stereocenters. The van der Waals surface area contributed by atoms with Crippen LogP contribution in [0.1, 0.15) is 39.5 Å². The fraction of sp³-hybridized carbons (Fsp3) is 0.217. The van der Waals surface area contributed by atoms with E-state index < -0.39 is 35.8 Å². The van der Waals surface area contributed by atoms with Crippen LogP contribution >= 0.6 is 11.6 Å². The van der Waals surface area contributed by atoms with Gasteiger partial charge in [-0.25, -0.2) is 18.4 Å². The molecule has 0 radical (unpaired) electrons. The Balaban J connectivity index is 1.39. The molecule has 0 fully saturated rings. The second kappa shape index (κ2) is 10.1. The van der Waals surface area contributed by atoms with Gasteiger partial charge in [-0.05, 0) is 54.3 Å². The van der Waals surface area contributed by atoms with E-state index >= 15 is 0 Å². The van der Waals surface area contributed by atoms with E-state index in [0.29, 0.717) is 24.0 Å². The number of nitrogens with one attached hydrogen (secondary N) is 2. The molecule has 35 heavy (non-hydrogen) atoms. The van der Waals surface area contributed by atoms with Crippen molar-refractivity contribution in [1.82, 2.24) is 15.1 Å². The molecule has 1 aromatic heterocycles. The smallest absolute Gasteiger partial charge is 0.432 e. The number of ether oxygens (including phenoxy) is 1. The van der Waals surface area contributed by atoms with Crippen molar-refractivity contribution in [3.05, 3.63) is 81.6 Å². The summed E-state index contributed by atoms with van der Waals surface area (Å²) in [6.07, 6.45) is 1.60. The summed E-state index contributed by atoms with van der Waals surface area (Å²) in [7, 11) is 0. The van der Waals surface area contributed by atoms with Crippen LogP contribution in [0, 0.1) is 11.6 Å². The van der Waals surface area contributed by atoms with Gasteiger partial charge in [-0.1, -0.05) is 11.6 Å². The third-order valence-electron chi connectivity index (χ3n) is 5.51. The molecule has 4 rings (SSSR count). The van der Waals surface area contributed by atoms with Crippen molar-refractivity contribution in [2.45, 2.75) is 25.3 Å². The zero-order valence-electron chi connectivity index (χ0n) is 18.1. The van der Waals surface area contributed by atoms with Crippen LogP contribution < -0.4 is 10.6 Å². The maximum absolute atomic E-state index is 14.7. The molecule has 1 aliphatic carbocycles. The largest absolute Gasteiger partial charge is 0.463 e. The fourth-order valence-electron chi connectivity index (χ4n) is 3.88. The highest BCUT2D eigenvalue weighted by atomic mass is 35.5. The zero-order valence-corrected chi connectivity index (χ0v) is 18.8. The van der Waals surface area contributed by atoms with Crippen LogP contribution in [0.25, 0.3) is 0 Å². The van der Waals surface area contributed by atoms with Crippen molar-refractivity contribution >= 4 is 35.4 Å². The van der Waals surface area contributed by atoms with Gasteiger partial charge in [0.1, 0.15) is 11.6 Å². The standard InChI is InChI=1S/C23H19ClF2N4O5/c24-16-9-13(1-4-17(16)25)28-21(31)15-2-5-18(26)20-14(15)3-6-19(20)29-22(32)35-8-7-12-10-27-30(11-12)23(33)34/h1-2,4-5,9-11,19H,3,6-8H2,(H,28,31)(H,29,32)(H,33,34). The Hall–Kier alpha value is -3.99. The van der Waals surface area contributed by atoms with E-state index in [2.05, 4.69) is 15.7 Å². The van der Waals surface area contributed by atoms with Gasteiger partial charge in [0.15, 0.2) is 0 Å². The van der Waals surface area contributed by atoms with Crippen molar-refractivity contribution in [2.24, 2.45) is 0 Å². The number of aromatic nitrogens is 2. The number of carbonyl (C=O) groups excluding carboxylic acids is 2. The third-order valence-corrected chi connectivity index (χ3v) is 5.80. The molecule has 3 aromatic rings. The summed E-state index contributed by atoms with van der Waals surface area (Å²) in [5.74, 6) is -1.71. The normalized spacial score (nSPS) is 14.3. The van der Waals surface area contributed by atoms with Crippen molar-refractivity contribution in [3.63, 3.8) is 0 Å². The minimum absolute atomic E-state index is 0.0398. The first kappa shape index (κ1) is 24.1. The molecule has 182 valence electrons. The number of fused-ring (bicyclic) bond motifs is 1. The lowest BCUT2D eigenvalue weighted by Gasteiger charge is -2.16. The zero-order chi connectivity index (χ0) is 25.1. The highest BCUT2D eigenvalue weighted by Crippen LogP contribution is 2.36. The van der Waals surface area contributed by atoms with Gasteiger partial charge in [0.25, 0.3) is 5.91 Å². The minimum Gasteiger partial charge on any atom is -0.463 e. The molecule has 0 spiro atoms. The molecular weight excluding hydrogens is 486 g/mol. The Morgan fingerprint density at radius 3 is 2.69 bits per heavy atom.